The minimum atomic E-state index is -1.08. The maximum Gasteiger partial charge on any atom is 0.142 e. The van der Waals surface area contributed by atoms with Crippen LogP contribution in [0.2, 0.25) is 0 Å². The van der Waals surface area contributed by atoms with Gasteiger partial charge in [-0.2, -0.15) is 10.2 Å². The summed E-state index contributed by atoms with van der Waals surface area (Å²) in [5, 5.41) is 21.0. The fourth-order valence-corrected chi connectivity index (χ4v) is 4.09. The third-order valence-corrected chi connectivity index (χ3v) is 5.33. The lowest BCUT2D eigenvalue weighted by Crippen LogP contribution is -2.45. The molecule has 0 aliphatic carbocycles. The van der Waals surface area contributed by atoms with Crippen LogP contribution in [0, 0.1) is 0 Å². The number of hydrogen-bond donors (Lipinski definition) is 2. The summed E-state index contributed by atoms with van der Waals surface area (Å²) >= 11 is 0. The predicted octanol–water partition coefficient (Wildman–Crippen LogP) is 3.31. The van der Waals surface area contributed by atoms with Crippen molar-refractivity contribution in [1.82, 2.24) is 20.1 Å². The standard InChI is InChI=1S/C22H20N4O/c1-26-13-17-11-16(20-7-4-10-23-25-20)8-9-18(17)22(27,14-26)21-12-15-5-2-3-6-19(15)24-21/h2-12,24,27H,13-14H2,1H3. The molecule has 2 aromatic heterocycles. The van der Waals surface area contributed by atoms with Gasteiger partial charge in [0.05, 0.1) is 11.4 Å². The Kier molecular flexibility index (Phi) is 3.60. The van der Waals surface area contributed by atoms with Gasteiger partial charge in [0.25, 0.3) is 0 Å². The van der Waals surface area contributed by atoms with Crippen molar-refractivity contribution in [3.63, 3.8) is 0 Å². The Morgan fingerprint density at radius 3 is 2.78 bits per heavy atom. The van der Waals surface area contributed by atoms with Gasteiger partial charge < -0.3 is 10.1 Å². The first kappa shape index (κ1) is 16.2. The van der Waals surface area contributed by atoms with Crippen LogP contribution in [0.5, 0.6) is 0 Å². The topological polar surface area (TPSA) is 65.0 Å². The van der Waals surface area contributed by atoms with Crippen molar-refractivity contribution < 1.29 is 5.11 Å². The number of hydrogen-bond acceptors (Lipinski definition) is 4. The van der Waals surface area contributed by atoms with Crippen molar-refractivity contribution in [3.05, 3.63) is 83.7 Å². The SMILES string of the molecule is CN1Cc2cc(-c3cccnn3)ccc2C(O)(c2cc3ccccc3[nH]2)C1. The van der Waals surface area contributed by atoms with E-state index in [4.69, 9.17) is 0 Å². The molecule has 3 heterocycles. The fraction of sp³-hybridized carbons (Fsp3) is 0.182. The van der Waals surface area contributed by atoms with Crippen LogP contribution in [0.15, 0.2) is 66.9 Å². The van der Waals surface area contributed by atoms with Crippen molar-refractivity contribution in [2.45, 2.75) is 12.1 Å². The Hall–Kier alpha value is -3.02. The van der Waals surface area contributed by atoms with Gasteiger partial charge in [0, 0.05) is 30.4 Å². The van der Waals surface area contributed by atoms with Crippen molar-refractivity contribution in [1.29, 1.82) is 0 Å². The van der Waals surface area contributed by atoms with E-state index in [2.05, 4.69) is 38.3 Å². The normalized spacial score (nSPS) is 19.9. The lowest BCUT2D eigenvalue weighted by atomic mass is 9.82. The molecule has 0 saturated heterocycles. The Morgan fingerprint density at radius 2 is 1.96 bits per heavy atom. The van der Waals surface area contributed by atoms with Gasteiger partial charge in [0.1, 0.15) is 5.60 Å². The van der Waals surface area contributed by atoms with Crippen LogP contribution in [0.4, 0.5) is 0 Å². The van der Waals surface area contributed by atoms with E-state index in [0.717, 1.165) is 45.5 Å². The minimum absolute atomic E-state index is 0.539. The first-order valence-corrected chi connectivity index (χ1v) is 9.04. The molecule has 0 amide bonds. The lowest BCUT2D eigenvalue weighted by molar-refractivity contribution is 0.0252. The third kappa shape index (κ3) is 2.63. The molecule has 0 fully saturated rings. The molecule has 134 valence electrons. The average molecular weight is 356 g/mol. The number of β-amino-alcohol motifs (C(OH)–C–C–N with tert-alkyl or cyclic N) is 1. The highest BCUT2D eigenvalue weighted by Crippen LogP contribution is 2.39. The first-order valence-electron chi connectivity index (χ1n) is 9.04. The van der Waals surface area contributed by atoms with E-state index in [0.29, 0.717) is 6.54 Å². The molecule has 1 unspecified atom stereocenters. The van der Waals surface area contributed by atoms with Crippen molar-refractivity contribution in [2.75, 3.05) is 13.6 Å². The van der Waals surface area contributed by atoms with E-state index in [1.807, 2.05) is 49.5 Å². The number of rotatable bonds is 2. The van der Waals surface area contributed by atoms with E-state index in [-0.39, 0.29) is 0 Å². The third-order valence-electron chi connectivity index (χ3n) is 5.33. The second-order valence-electron chi connectivity index (χ2n) is 7.28. The Balaban J connectivity index is 1.65. The van der Waals surface area contributed by atoms with E-state index in [9.17, 15) is 5.11 Å². The Bertz CT molecular complexity index is 1090. The number of likely N-dealkylation sites (N-methyl/N-ethyl adjacent to an activating group) is 1. The van der Waals surface area contributed by atoms with Crippen molar-refractivity contribution in [2.24, 2.45) is 0 Å². The number of aliphatic hydroxyl groups is 1. The largest absolute Gasteiger partial charge is 0.377 e. The van der Waals surface area contributed by atoms with Crippen LogP contribution in [0.1, 0.15) is 16.8 Å². The number of nitrogens with one attached hydrogen (secondary N) is 1. The molecule has 0 radical (unpaired) electrons. The molecule has 0 saturated carbocycles. The number of benzene rings is 2. The van der Waals surface area contributed by atoms with Gasteiger partial charge in [0.15, 0.2) is 0 Å². The highest BCUT2D eigenvalue weighted by molar-refractivity contribution is 5.81. The van der Waals surface area contributed by atoms with Gasteiger partial charge in [-0.15, -0.1) is 0 Å². The monoisotopic (exact) mass is 356 g/mol. The minimum Gasteiger partial charge on any atom is -0.377 e. The predicted molar refractivity (Wildman–Crippen MR) is 105 cm³/mol. The van der Waals surface area contributed by atoms with Gasteiger partial charge in [-0.25, -0.2) is 0 Å². The fourth-order valence-electron chi connectivity index (χ4n) is 4.09. The molecule has 5 nitrogen and oxygen atoms in total. The van der Waals surface area contributed by atoms with Gasteiger partial charge >= 0.3 is 0 Å². The van der Waals surface area contributed by atoms with Crippen LogP contribution in [-0.2, 0) is 12.1 Å². The summed E-state index contributed by atoms with van der Waals surface area (Å²) in [6.07, 6.45) is 1.67. The molecule has 5 rings (SSSR count). The summed E-state index contributed by atoms with van der Waals surface area (Å²) in [5.74, 6) is 0. The summed E-state index contributed by atoms with van der Waals surface area (Å²) in [6.45, 7) is 1.32. The molecule has 1 aliphatic heterocycles. The molecule has 4 aromatic rings. The Morgan fingerprint density at radius 1 is 1.07 bits per heavy atom. The lowest BCUT2D eigenvalue weighted by Gasteiger charge is -2.39. The zero-order chi connectivity index (χ0) is 18.4. The van der Waals surface area contributed by atoms with Crippen molar-refractivity contribution >= 4 is 10.9 Å². The van der Waals surface area contributed by atoms with Crippen LogP contribution in [0.3, 0.4) is 0 Å². The van der Waals surface area contributed by atoms with Gasteiger partial charge in [-0.05, 0) is 53.9 Å². The molecule has 27 heavy (non-hydrogen) atoms. The first-order chi connectivity index (χ1) is 13.1. The molecular formula is C22H20N4O. The van der Waals surface area contributed by atoms with Gasteiger partial charge in [0.2, 0.25) is 0 Å². The summed E-state index contributed by atoms with van der Waals surface area (Å²) < 4.78 is 0. The molecular weight excluding hydrogens is 336 g/mol. The van der Waals surface area contributed by atoms with E-state index in [1.54, 1.807) is 6.20 Å². The van der Waals surface area contributed by atoms with Crippen molar-refractivity contribution in [3.8, 4) is 11.3 Å². The van der Waals surface area contributed by atoms with E-state index >= 15 is 0 Å². The van der Waals surface area contributed by atoms with Crippen LogP contribution < -0.4 is 0 Å². The molecule has 0 bridgehead atoms. The smallest absolute Gasteiger partial charge is 0.142 e. The number of aromatic nitrogens is 3. The zero-order valence-electron chi connectivity index (χ0n) is 15.1. The highest BCUT2D eigenvalue weighted by Gasteiger charge is 2.39. The Labute approximate surface area is 157 Å². The maximum absolute atomic E-state index is 11.7. The number of nitrogens with zero attached hydrogens (tertiary/aromatic N) is 3. The summed E-state index contributed by atoms with van der Waals surface area (Å²) in [4.78, 5) is 5.56. The molecule has 1 aliphatic rings. The summed E-state index contributed by atoms with van der Waals surface area (Å²) in [5.41, 5.74) is 4.67. The number of para-hydroxylation sites is 1. The summed E-state index contributed by atoms with van der Waals surface area (Å²) in [7, 11) is 2.03. The van der Waals surface area contributed by atoms with Crippen LogP contribution in [0.25, 0.3) is 22.2 Å². The molecule has 1 atom stereocenters. The molecule has 5 heteroatoms. The molecule has 2 aromatic carbocycles. The summed E-state index contributed by atoms with van der Waals surface area (Å²) in [6, 6.07) is 20.1. The van der Waals surface area contributed by atoms with E-state index in [1.165, 1.54) is 0 Å². The zero-order valence-corrected chi connectivity index (χ0v) is 15.1. The van der Waals surface area contributed by atoms with Gasteiger partial charge in [-0.3, -0.25) is 4.90 Å². The van der Waals surface area contributed by atoms with Crippen LogP contribution >= 0.6 is 0 Å². The van der Waals surface area contributed by atoms with Crippen LogP contribution in [-0.4, -0.2) is 38.8 Å². The second kappa shape index (κ2) is 6.01. The maximum atomic E-state index is 11.7. The quantitative estimate of drug-likeness (QED) is 0.578. The highest BCUT2D eigenvalue weighted by atomic mass is 16.3. The number of fused-ring (bicyclic) bond motifs is 2. The number of aromatic amines is 1. The van der Waals surface area contributed by atoms with Gasteiger partial charge in [-0.1, -0.05) is 30.3 Å². The molecule has 0 spiro atoms. The average Bonchev–Trinajstić information content (AvgIpc) is 3.13. The molecule has 2 N–H and O–H groups in total. The number of H-pyrrole nitrogens is 1. The second-order valence-corrected chi connectivity index (χ2v) is 7.28. The van der Waals surface area contributed by atoms with E-state index < -0.39 is 5.60 Å².